The largest absolute Gasteiger partial charge is 0.340 e. The van der Waals surface area contributed by atoms with Crippen molar-refractivity contribution in [1.82, 2.24) is 19.3 Å². The van der Waals surface area contributed by atoms with E-state index >= 15 is 0 Å². The minimum atomic E-state index is 0.186. The van der Waals surface area contributed by atoms with Crippen molar-refractivity contribution >= 4 is 11.8 Å². The van der Waals surface area contributed by atoms with E-state index in [1.165, 1.54) is 12.8 Å². The first kappa shape index (κ1) is 18.2. The number of nitrogens with zero attached hydrogens (tertiary/aromatic N) is 4. The normalized spacial score (nSPS) is 32.6. The summed E-state index contributed by atoms with van der Waals surface area (Å²) in [6, 6.07) is 5.06. The summed E-state index contributed by atoms with van der Waals surface area (Å²) in [6.07, 6.45) is 8.36. The van der Waals surface area contributed by atoms with Crippen LogP contribution < -0.4 is 0 Å². The van der Waals surface area contributed by atoms with E-state index in [1.807, 2.05) is 12.1 Å². The molecule has 6 nitrogen and oxygen atoms in total. The Bertz CT molecular complexity index is 768. The van der Waals surface area contributed by atoms with Crippen LogP contribution in [-0.4, -0.2) is 76.9 Å². The lowest BCUT2D eigenvalue weighted by Crippen LogP contribution is -2.67. The van der Waals surface area contributed by atoms with E-state index in [0.29, 0.717) is 36.2 Å². The Morgan fingerprint density at radius 2 is 1.96 bits per heavy atom. The molecule has 1 aromatic heterocycles. The first-order valence-electron chi connectivity index (χ1n) is 10.9. The summed E-state index contributed by atoms with van der Waals surface area (Å²) in [5.74, 6) is 1.33. The number of piperidine rings is 3. The predicted molar refractivity (Wildman–Crippen MR) is 107 cm³/mol. The third-order valence-electron chi connectivity index (χ3n) is 7.27. The first-order chi connectivity index (χ1) is 13.5. The lowest BCUT2D eigenvalue weighted by atomic mass is 9.72. The lowest BCUT2D eigenvalue weighted by Gasteiger charge is -2.57. The van der Waals surface area contributed by atoms with Gasteiger partial charge in [-0.3, -0.25) is 9.59 Å². The van der Waals surface area contributed by atoms with Crippen molar-refractivity contribution in [2.75, 3.05) is 33.7 Å². The molecule has 1 saturated carbocycles. The van der Waals surface area contributed by atoms with E-state index in [9.17, 15) is 9.59 Å². The standard InChI is InChI=1S/C22H32N4O2/c1-23(2)14-20-16-11-15(18-5-3-7-21(27)26(18)20)12-24(13-16)22(28)19-6-4-10-25(19)17-8-9-17/h4,6,10,15-18,20H,3,5,7-9,11-14H2,1-2H3/t15-,16+,18+,20+/m1/s1. The molecule has 4 fully saturated rings. The molecule has 0 unspecified atom stereocenters. The maximum Gasteiger partial charge on any atom is 0.270 e. The van der Waals surface area contributed by atoms with Gasteiger partial charge in [0.2, 0.25) is 5.91 Å². The fourth-order valence-corrected chi connectivity index (χ4v) is 5.96. The third kappa shape index (κ3) is 3.06. The van der Waals surface area contributed by atoms with Crippen molar-refractivity contribution in [2.24, 2.45) is 11.8 Å². The number of carbonyl (C=O) groups excluding carboxylic acids is 2. The maximum atomic E-state index is 13.4. The molecule has 0 radical (unpaired) electrons. The predicted octanol–water partition coefficient (Wildman–Crippen LogP) is 2.23. The maximum absolute atomic E-state index is 13.4. The molecule has 3 saturated heterocycles. The Kier molecular flexibility index (Phi) is 4.49. The van der Waals surface area contributed by atoms with Gasteiger partial charge >= 0.3 is 0 Å². The fourth-order valence-electron chi connectivity index (χ4n) is 5.96. The number of hydrogen-bond donors (Lipinski definition) is 0. The van der Waals surface area contributed by atoms with E-state index in [0.717, 1.165) is 44.6 Å². The highest BCUT2D eigenvalue weighted by Crippen LogP contribution is 2.42. The van der Waals surface area contributed by atoms with Crippen molar-refractivity contribution in [3.63, 3.8) is 0 Å². The summed E-state index contributed by atoms with van der Waals surface area (Å²) in [5.41, 5.74) is 0.850. The Labute approximate surface area is 167 Å². The average Bonchev–Trinajstić information content (AvgIpc) is 3.41. The van der Waals surface area contributed by atoms with Gasteiger partial charge in [0.15, 0.2) is 0 Å². The van der Waals surface area contributed by atoms with E-state index < -0.39 is 0 Å². The molecule has 5 rings (SSSR count). The summed E-state index contributed by atoms with van der Waals surface area (Å²) in [5, 5.41) is 0. The average molecular weight is 385 g/mol. The van der Waals surface area contributed by atoms with Gasteiger partial charge in [0, 0.05) is 50.4 Å². The molecule has 1 aromatic rings. The number of likely N-dealkylation sites (tertiary alicyclic amines) is 1. The van der Waals surface area contributed by atoms with Gasteiger partial charge in [-0.2, -0.15) is 0 Å². The van der Waals surface area contributed by atoms with Crippen molar-refractivity contribution in [1.29, 1.82) is 0 Å². The lowest BCUT2D eigenvalue weighted by molar-refractivity contribution is -0.152. The zero-order valence-corrected chi connectivity index (χ0v) is 17.1. The summed E-state index contributed by atoms with van der Waals surface area (Å²) < 4.78 is 2.18. The number of hydrogen-bond acceptors (Lipinski definition) is 3. The van der Waals surface area contributed by atoms with Crippen LogP contribution in [0.4, 0.5) is 0 Å². The van der Waals surface area contributed by atoms with E-state index in [2.05, 4.69) is 39.6 Å². The summed E-state index contributed by atoms with van der Waals surface area (Å²) >= 11 is 0. The minimum absolute atomic E-state index is 0.186. The Morgan fingerprint density at radius 3 is 2.71 bits per heavy atom. The van der Waals surface area contributed by atoms with Crippen molar-refractivity contribution in [3.05, 3.63) is 24.0 Å². The second-order valence-electron chi connectivity index (χ2n) is 9.59. The molecule has 1 aliphatic carbocycles. The van der Waals surface area contributed by atoms with Gasteiger partial charge in [-0.05, 0) is 70.2 Å². The van der Waals surface area contributed by atoms with Crippen LogP contribution >= 0.6 is 0 Å². The van der Waals surface area contributed by atoms with Crippen LogP contribution in [0.1, 0.15) is 55.1 Å². The molecule has 0 N–H and O–H groups in total. The molecule has 4 heterocycles. The van der Waals surface area contributed by atoms with E-state index in [-0.39, 0.29) is 11.9 Å². The monoisotopic (exact) mass is 384 g/mol. The van der Waals surface area contributed by atoms with Gasteiger partial charge in [-0.15, -0.1) is 0 Å². The SMILES string of the molecule is CN(C)C[C@H]1[C@H]2C[C@H](CN(C(=O)c3cccn3C3CC3)C2)[C@@H]2CCCC(=O)N21. The van der Waals surface area contributed by atoms with Crippen molar-refractivity contribution < 1.29 is 9.59 Å². The van der Waals surface area contributed by atoms with Crippen molar-refractivity contribution in [3.8, 4) is 0 Å². The van der Waals surface area contributed by atoms with Crippen LogP contribution in [0.3, 0.4) is 0 Å². The highest BCUT2D eigenvalue weighted by Gasteiger charge is 2.50. The van der Waals surface area contributed by atoms with Crippen LogP contribution in [0.25, 0.3) is 0 Å². The van der Waals surface area contributed by atoms with Gasteiger partial charge in [0.05, 0.1) is 0 Å². The van der Waals surface area contributed by atoms with Crippen molar-refractivity contribution in [2.45, 2.75) is 56.7 Å². The number of fused-ring (bicyclic) bond motifs is 4. The Hall–Kier alpha value is -1.82. The minimum Gasteiger partial charge on any atom is -0.340 e. The molecular weight excluding hydrogens is 352 g/mol. The molecule has 0 aromatic carbocycles. The van der Waals surface area contributed by atoms with Gasteiger partial charge in [-0.25, -0.2) is 0 Å². The quantitative estimate of drug-likeness (QED) is 0.800. The fraction of sp³-hybridized carbons (Fsp3) is 0.727. The molecule has 4 aliphatic rings. The molecule has 152 valence electrons. The molecule has 3 aliphatic heterocycles. The molecule has 2 bridgehead atoms. The van der Waals surface area contributed by atoms with Crippen LogP contribution in [0.15, 0.2) is 18.3 Å². The number of rotatable bonds is 4. The summed E-state index contributed by atoms with van der Waals surface area (Å²) in [6.45, 7) is 2.47. The zero-order valence-electron chi connectivity index (χ0n) is 17.1. The summed E-state index contributed by atoms with van der Waals surface area (Å²) in [4.78, 5) is 32.8. The number of amides is 2. The van der Waals surface area contributed by atoms with E-state index in [4.69, 9.17) is 0 Å². The van der Waals surface area contributed by atoms with Gasteiger partial charge in [0.25, 0.3) is 5.91 Å². The molecule has 0 spiro atoms. The van der Waals surface area contributed by atoms with Crippen LogP contribution in [-0.2, 0) is 4.79 Å². The third-order valence-corrected chi connectivity index (χ3v) is 7.27. The Balaban J connectivity index is 1.41. The van der Waals surface area contributed by atoms with Crippen LogP contribution in [0, 0.1) is 11.8 Å². The smallest absolute Gasteiger partial charge is 0.270 e. The highest BCUT2D eigenvalue weighted by molar-refractivity contribution is 5.93. The number of carbonyl (C=O) groups is 2. The first-order valence-corrected chi connectivity index (χ1v) is 10.9. The zero-order chi connectivity index (χ0) is 19.4. The van der Waals surface area contributed by atoms with Gasteiger partial charge in [0.1, 0.15) is 5.69 Å². The van der Waals surface area contributed by atoms with Crippen LogP contribution in [0.2, 0.25) is 0 Å². The van der Waals surface area contributed by atoms with Gasteiger partial charge < -0.3 is 19.3 Å². The topological polar surface area (TPSA) is 48.8 Å². The Morgan fingerprint density at radius 1 is 1.18 bits per heavy atom. The number of aromatic nitrogens is 1. The second-order valence-corrected chi connectivity index (χ2v) is 9.59. The molecule has 28 heavy (non-hydrogen) atoms. The van der Waals surface area contributed by atoms with E-state index in [1.54, 1.807) is 0 Å². The molecule has 4 atom stereocenters. The second kappa shape index (κ2) is 6.90. The van der Waals surface area contributed by atoms with Gasteiger partial charge in [-0.1, -0.05) is 0 Å². The molecular formula is C22H32N4O2. The highest BCUT2D eigenvalue weighted by atomic mass is 16.2. The summed E-state index contributed by atoms with van der Waals surface area (Å²) in [7, 11) is 4.17. The number of likely N-dealkylation sites (N-methyl/N-ethyl adjacent to an activating group) is 1. The van der Waals surface area contributed by atoms with Crippen LogP contribution in [0.5, 0.6) is 0 Å². The molecule has 6 heteroatoms. The molecule has 2 amide bonds.